The molecule has 0 aliphatic rings. The molecule has 84 valence electrons. The van der Waals surface area contributed by atoms with Crippen LogP contribution < -0.4 is 5.69 Å². The number of nitrogens with zero attached hydrogens (tertiary/aromatic N) is 2. The summed E-state index contributed by atoms with van der Waals surface area (Å²) < 4.78 is 1.50. The van der Waals surface area contributed by atoms with E-state index in [2.05, 4.69) is 18.8 Å². The van der Waals surface area contributed by atoms with Crippen LogP contribution in [-0.4, -0.2) is 9.55 Å². The van der Waals surface area contributed by atoms with E-state index in [0.717, 1.165) is 12.1 Å². The Labute approximate surface area is 91.2 Å². The second-order valence-corrected chi connectivity index (χ2v) is 4.14. The summed E-state index contributed by atoms with van der Waals surface area (Å²) in [6, 6.07) is 1.94. The van der Waals surface area contributed by atoms with Crippen molar-refractivity contribution in [2.24, 2.45) is 7.05 Å². The highest BCUT2D eigenvalue weighted by molar-refractivity contribution is 5.04. The zero-order valence-electron chi connectivity index (χ0n) is 9.86. The van der Waals surface area contributed by atoms with Gasteiger partial charge < -0.3 is 4.57 Å². The molecule has 0 saturated heterocycles. The molecule has 3 nitrogen and oxygen atoms in total. The van der Waals surface area contributed by atoms with Gasteiger partial charge in [-0.25, -0.2) is 4.79 Å². The molecule has 1 aromatic rings. The minimum atomic E-state index is -0.158. The van der Waals surface area contributed by atoms with Crippen LogP contribution in [0.2, 0.25) is 0 Å². The Balaban J connectivity index is 2.61. The molecular formula is C12H20N2O. The van der Waals surface area contributed by atoms with Crippen molar-refractivity contribution in [2.75, 3.05) is 0 Å². The maximum atomic E-state index is 11.3. The molecule has 0 aliphatic heterocycles. The van der Waals surface area contributed by atoms with Crippen LogP contribution >= 0.6 is 0 Å². The first-order valence-electron chi connectivity index (χ1n) is 5.68. The third kappa shape index (κ3) is 3.50. The normalized spacial score (nSPS) is 12.7. The van der Waals surface area contributed by atoms with Crippen molar-refractivity contribution < 1.29 is 0 Å². The SMILES string of the molecule is CCCCCC(C)c1ccn(C)c(=O)n1. The van der Waals surface area contributed by atoms with Gasteiger partial charge in [0.15, 0.2) is 0 Å². The van der Waals surface area contributed by atoms with Crippen molar-refractivity contribution in [3.63, 3.8) is 0 Å². The van der Waals surface area contributed by atoms with Crippen molar-refractivity contribution in [1.29, 1.82) is 0 Å². The lowest BCUT2D eigenvalue weighted by molar-refractivity contribution is 0.581. The molecule has 1 heterocycles. The highest BCUT2D eigenvalue weighted by atomic mass is 16.1. The Morgan fingerprint density at radius 3 is 2.80 bits per heavy atom. The quantitative estimate of drug-likeness (QED) is 0.697. The number of hydrogen-bond donors (Lipinski definition) is 0. The summed E-state index contributed by atoms with van der Waals surface area (Å²) in [5, 5.41) is 0. The first-order chi connectivity index (χ1) is 7.15. The molecule has 1 aromatic heterocycles. The summed E-state index contributed by atoms with van der Waals surface area (Å²) in [5.41, 5.74) is 0.768. The Hall–Kier alpha value is -1.12. The van der Waals surface area contributed by atoms with Crippen LogP contribution in [0, 0.1) is 0 Å². The van der Waals surface area contributed by atoms with Crippen molar-refractivity contribution in [3.8, 4) is 0 Å². The molecule has 1 rings (SSSR count). The molecule has 0 saturated carbocycles. The molecular weight excluding hydrogens is 188 g/mol. The van der Waals surface area contributed by atoms with Crippen LogP contribution in [-0.2, 0) is 7.05 Å². The lowest BCUT2D eigenvalue weighted by Gasteiger charge is -2.10. The number of aryl methyl sites for hydroxylation is 1. The first-order valence-corrected chi connectivity index (χ1v) is 5.68. The van der Waals surface area contributed by atoms with E-state index in [1.807, 2.05) is 6.07 Å². The van der Waals surface area contributed by atoms with Crippen molar-refractivity contribution >= 4 is 0 Å². The summed E-state index contributed by atoms with van der Waals surface area (Å²) in [5.74, 6) is 0.394. The van der Waals surface area contributed by atoms with Gasteiger partial charge in [0.05, 0.1) is 5.69 Å². The minimum Gasteiger partial charge on any atom is -0.302 e. The van der Waals surface area contributed by atoms with Gasteiger partial charge in [-0.1, -0.05) is 33.1 Å². The van der Waals surface area contributed by atoms with E-state index in [4.69, 9.17) is 0 Å². The zero-order chi connectivity index (χ0) is 11.3. The van der Waals surface area contributed by atoms with Gasteiger partial charge in [-0.2, -0.15) is 4.98 Å². The molecule has 0 aliphatic carbocycles. The van der Waals surface area contributed by atoms with Crippen LogP contribution in [0.25, 0.3) is 0 Å². The highest BCUT2D eigenvalue weighted by Crippen LogP contribution is 2.18. The maximum Gasteiger partial charge on any atom is 0.347 e. The molecule has 0 N–H and O–H groups in total. The molecule has 0 spiro atoms. The van der Waals surface area contributed by atoms with E-state index in [1.165, 1.54) is 23.8 Å². The number of hydrogen-bond acceptors (Lipinski definition) is 2. The van der Waals surface area contributed by atoms with Gasteiger partial charge in [0.2, 0.25) is 0 Å². The summed E-state index contributed by atoms with van der Waals surface area (Å²) >= 11 is 0. The number of aromatic nitrogens is 2. The minimum absolute atomic E-state index is 0.158. The Bertz CT molecular complexity index is 357. The summed E-state index contributed by atoms with van der Waals surface area (Å²) in [7, 11) is 1.72. The lowest BCUT2D eigenvalue weighted by atomic mass is 10.00. The number of rotatable bonds is 5. The van der Waals surface area contributed by atoms with Crippen LogP contribution in [0.1, 0.15) is 51.1 Å². The monoisotopic (exact) mass is 208 g/mol. The second kappa shape index (κ2) is 5.69. The molecule has 1 atom stereocenters. The van der Waals surface area contributed by atoms with Crippen LogP contribution in [0.4, 0.5) is 0 Å². The molecule has 3 heteroatoms. The Morgan fingerprint density at radius 2 is 2.20 bits per heavy atom. The molecule has 0 radical (unpaired) electrons. The fourth-order valence-electron chi connectivity index (χ4n) is 1.60. The van der Waals surface area contributed by atoms with Crippen molar-refractivity contribution in [1.82, 2.24) is 9.55 Å². The first kappa shape index (κ1) is 12.0. The summed E-state index contributed by atoms with van der Waals surface area (Å²) in [6.07, 6.45) is 6.62. The summed E-state index contributed by atoms with van der Waals surface area (Å²) in [6.45, 7) is 4.33. The molecule has 0 bridgehead atoms. The molecule has 0 fully saturated rings. The fourth-order valence-corrected chi connectivity index (χ4v) is 1.60. The average Bonchev–Trinajstić information content (AvgIpc) is 2.22. The lowest BCUT2D eigenvalue weighted by Crippen LogP contribution is -2.21. The zero-order valence-corrected chi connectivity index (χ0v) is 9.86. The largest absolute Gasteiger partial charge is 0.347 e. The van der Waals surface area contributed by atoms with Crippen molar-refractivity contribution in [3.05, 3.63) is 28.4 Å². The van der Waals surface area contributed by atoms with Crippen LogP contribution in [0.15, 0.2) is 17.1 Å². The van der Waals surface area contributed by atoms with E-state index < -0.39 is 0 Å². The van der Waals surface area contributed by atoms with E-state index in [0.29, 0.717) is 5.92 Å². The third-order valence-electron chi connectivity index (χ3n) is 2.74. The molecule has 0 amide bonds. The van der Waals surface area contributed by atoms with E-state index in [1.54, 1.807) is 13.2 Å². The summed E-state index contributed by atoms with van der Waals surface area (Å²) in [4.78, 5) is 15.4. The van der Waals surface area contributed by atoms with Gasteiger partial charge in [-0.05, 0) is 18.4 Å². The molecule has 1 unspecified atom stereocenters. The predicted molar refractivity (Wildman–Crippen MR) is 62.0 cm³/mol. The molecule has 0 aromatic carbocycles. The van der Waals surface area contributed by atoms with Gasteiger partial charge in [0, 0.05) is 13.2 Å². The van der Waals surface area contributed by atoms with Gasteiger partial charge in [-0.3, -0.25) is 0 Å². The van der Waals surface area contributed by atoms with E-state index in [9.17, 15) is 4.79 Å². The van der Waals surface area contributed by atoms with E-state index in [-0.39, 0.29) is 5.69 Å². The van der Waals surface area contributed by atoms with Crippen LogP contribution in [0.5, 0.6) is 0 Å². The van der Waals surface area contributed by atoms with Gasteiger partial charge >= 0.3 is 5.69 Å². The smallest absolute Gasteiger partial charge is 0.302 e. The van der Waals surface area contributed by atoms with Crippen LogP contribution in [0.3, 0.4) is 0 Å². The third-order valence-corrected chi connectivity index (χ3v) is 2.74. The number of unbranched alkanes of at least 4 members (excludes halogenated alkanes) is 2. The van der Waals surface area contributed by atoms with Crippen molar-refractivity contribution in [2.45, 2.75) is 45.4 Å². The average molecular weight is 208 g/mol. The van der Waals surface area contributed by atoms with Gasteiger partial charge in [-0.15, -0.1) is 0 Å². The maximum absolute atomic E-state index is 11.3. The fraction of sp³-hybridized carbons (Fsp3) is 0.667. The Morgan fingerprint density at radius 1 is 1.47 bits per heavy atom. The Kier molecular flexibility index (Phi) is 4.53. The standard InChI is InChI=1S/C12H20N2O/c1-4-5-6-7-10(2)11-8-9-14(3)12(15)13-11/h8-10H,4-7H2,1-3H3. The van der Waals surface area contributed by atoms with Gasteiger partial charge in [0.25, 0.3) is 0 Å². The van der Waals surface area contributed by atoms with E-state index >= 15 is 0 Å². The predicted octanol–water partition coefficient (Wildman–Crippen LogP) is 2.46. The second-order valence-electron chi connectivity index (χ2n) is 4.14. The van der Waals surface area contributed by atoms with Gasteiger partial charge in [0.1, 0.15) is 0 Å². The molecule has 15 heavy (non-hydrogen) atoms. The highest BCUT2D eigenvalue weighted by Gasteiger charge is 2.07. The topological polar surface area (TPSA) is 34.9 Å².